The molecule has 136 valence electrons. The highest BCUT2D eigenvalue weighted by molar-refractivity contribution is 5.79. The number of carbonyl (C=O) groups is 1. The Morgan fingerprint density at radius 1 is 1.17 bits per heavy atom. The summed E-state index contributed by atoms with van der Waals surface area (Å²) in [5, 5.41) is 13.8. The maximum Gasteiger partial charge on any atom is 0.339 e. The lowest BCUT2D eigenvalue weighted by molar-refractivity contribution is -0.175. The van der Waals surface area contributed by atoms with Gasteiger partial charge in [-0.1, -0.05) is 43.7 Å². The summed E-state index contributed by atoms with van der Waals surface area (Å²) < 4.78 is 5.30. The van der Waals surface area contributed by atoms with Gasteiger partial charge in [-0.05, 0) is 52.5 Å². The normalized spacial score (nSPS) is 15.6. The largest absolute Gasteiger partial charge is 0.458 e. The summed E-state index contributed by atoms with van der Waals surface area (Å²) in [6, 6.07) is 10.6. The van der Waals surface area contributed by atoms with E-state index in [1.54, 1.807) is 20.8 Å². The number of carbonyl (C=O) groups excluding carboxylic acids is 1. The van der Waals surface area contributed by atoms with Crippen LogP contribution in [0.2, 0.25) is 0 Å². The lowest BCUT2D eigenvalue weighted by Crippen LogP contribution is -2.50. The molecule has 0 heterocycles. The Morgan fingerprint density at radius 3 is 2.33 bits per heavy atom. The van der Waals surface area contributed by atoms with Crippen molar-refractivity contribution in [2.45, 2.75) is 77.5 Å². The second kappa shape index (κ2) is 9.19. The van der Waals surface area contributed by atoms with Gasteiger partial charge in [0.2, 0.25) is 0 Å². The average molecular weight is 335 g/mol. The molecule has 0 spiro atoms. The highest BCUT2D eigenvalue weighted by Gasteiger charge is 2.35. The van der Waals surface area contributed by atoms with Crippen LogP contribution in [-0.4, -0.2) is 34.9 Å². The molecular weight excluding hydrogens is 302 g/mol. The van der Waals surface area contributed by atoms with Crippen molar-refractivity contribution in [3.05, 3.63) is 35.9 Å². The molecule has 0 aliphatic heterocycles. The van der Waals surface area contributed by atoms with Gasteiger partial charge < -0.3 is 15.2 Å². The van der Waals surface area contributed by atoms with Gasteiger partial charge in [0.1, 0.15) is 5.60 Å². The molecule has 0 saturated heterocycles. The van der Waals surface area contributed by atoms with Gasteiger partial charge in [0.25, 0.3) is 0 Å². The van der Waals surface area contributed by atoms with Crippen LogP contribution in [0.5, 0.6) is 0 Å². The van der Waals surface area contributed by atoms with Crippen LogP contribution >= 0.6 is 0 Å². The van der Waals surface area contributed by atoms with Crippen molar-refractivity contribution < 1.29 is 14.6 Å². The van der Waals surface area contributed by atoms with E-state index in [1.807, 2.05) is 18.2 Å². The zero-order valence-electron chi connectivity index (χ0n) is 15.8. The topological polar surface area (TPSA) is 58.6 Å². The molecule has 0 amide bonds. The van der Waals surface area contributed by atoms with Crippen molar-refractivity contribution in [1.29, 1.82) is 0 Å². The van der Waals surface area contributed by atoms with Crippen LogP contribution in [0, 0.1) is 0 Å². The standard InChI is InChI=1S/C20H33NO3/c1-6-10-17(14-13-16-11-8-7-9-12-16)21-15-20(5,23)18(22)24-19(2,3)4/h7-9,11-12,17,21,23H,6,10,13-15H2,1-5H3/t17-,20-/m0/s1. The number of hydrogen-bond donors (Lipinski definition) is 2. The number of ether oxygens (including phenoxy) is 1. The molecule has 2 N–H and O–H groups in total. The van der Waals surface area contributed by atoms with Crippen LogP contribution in [0.4, 0.5) is 0 Å². The van der Waals surface area contributed by atoms with E-state index in [1.165, 1.54) is 12.5 Å². The lowest BCUT2D eigenvalue weighted by Gasteiger charge is -2.29. The summed E-state index contributed by atoms with van der Waals surface area (Å²) in [4.78, 5) is 12.1. The maximum absolute atomic E-state index is 12.1. The Labute approximate surface area is 146 Å². The van der Waals surface area contributed by atoms with Gasteiger partial charge in [-0.3, -0.25) is 0 Å². The second-order valence-electron chi connectivity index (χ2n) is 7.67. The van der Waals surface area contributed by atoms with E-state index in [0.29, 0.717) is 0 Å². The van der Waals surface area contributed by atoms with E-state index >= 15 is 0 Å². The van der Waals surface area contributed by atoms with Gasteiger partial charge in [0.05, 0.1) is 0 Å². The van der Waals surface area contributed by atoms with Crippen LogP contribution in [0.3, 0.4) is 0 Å². The van der Waals surface area contributed by atoms with E-state index < -0.39 is 17.2 Å². The monoisotopic (exact) mass is 335 g/mol. The molecule has 0 aliphatic carbocycles. The minimum Gasteiger partial charge on any atom is -0.458 e. The Kier molecular flexibility index (Phi) is 7.91. The Morgan fingerprint density at radius 2 is 1.79 bits per heavy atom. The van der Waals surface area contributed by atoms with Gasteiger partial charge in [-0.25, -0.2) is 4.79 Å². The highest BCUT2D eigenvalue weighted by atomic mass is 16.6. The van der Waals surface area contributed by atoms with Crippen molar-refractivity contribution in [1.82, 2.24) is 5.32 Å². The molecule has 0 saturated carbocycles. The molecule has 0 aliphatic rings. The van der Waals surface area contributed by atoms with E-state index in [2.05, 4.69) is 24.4 Å². The molecule has 0 radical (unpaired) electrons. The smallest absolute Gasteiger partial charge is 0.339 e. The summed E-state index contributed by atoms with van der Waals surface area (Å²) in [6.45, 7) is 9.25. The van der Waals surface area contributed by atoms with Crippen molar-refractivity contribution in [2.75, 3.05) is 6.54 Å². The molecule has 1 aromatic rings. The van der Waals surface area contributed by atoms with Crippen molar-refractivity contribution >= 4 is 5.97 Å². The quantitative estimate of drug-likeness (QED) is 0.679. The summed E-state index contributed by atoms with van der Waals surface area (Å²) in [7, 11) is 0. The molecular formula is C20H33NO3. The maximum atomic E-state index is 12.1. The zero-order valence-corrected chi connectivity index (χ0v) is 15.8. The van der Waals surface area contributed by atoms with Crippen LogP contribution in [0.1, 0.15) is 59.4 Å². The summed E-state index contributed by atoms with van der Waals surface area (Å²) in [5.74, 6) is -0.583. The molecule has 0 unspecified atom stereocenters. The third kappa shape index (κ3) is 7.93. The molecule has 0 bridgehead atoms. The van der Waals surface area contributed by atoms with E-state index in [4.69, 9.17) is 4.74 Å². The minimum atomic E-state index is -1.52. The van der Waals surface area contributed by atoms with Gasteiger partial charge in [0, 0.05) is 12.6 Å². The summed E-state index contributed by atoms with van der Waals surface area (Å²) >= 11 is 0. The molecule has 0 aromatic heterocycles. The number of rotatable bonds is 9. The van der Waals surface area contributed by atoms with E-state index in [0.717, 1.165) is 25.7 Å². The molecule has 2 atom stereocenters. The molecule has 24 heavy (non-hydrogen) atoms. The fourth-order valence-corrected chi connectivity index (χ4v) is 2.49. The lowest BCUT2D eigenvalue weighted by atomic mass is 10.00. The molecule has 1 rings (SSSR count). The third-order valence-electron chi connectivity index (χ3n) is 3.84. The first-order chi connectivity index (χ1) is 11.1. The van der Waals surface area contributed by atoms with Crippen LogP contribution in [0.15, 0.2) is 30.3 Å². The van der Waals surface area contributed by atoms with Gasteiger partial charge >= 0.3 is 5.97 Å². The molecule has 4 nitrogen and oxygen atoms in total. The fourth-order valence-electron chi connectivity index (χ4n) is 2.49. The highest BCUT2D eigenvalue weighted by Crippen LogP contribution is 2.15. The Balaban J connectivity index is 2.53. The van der Waals surface area contributed by atoms with E-state index in [9.17, 15) is 9.90 Å². The predicted molar refractivity (Wildman–Crippen MR) is 97.9 cm³/mol. The fraction of sp³-hybridized carbons (Fsp3) is 0.650. The number of aliphatic hydroxyl groups is 1. The number of benzene rings is 1. The summed E-state index contributed by atoms with van der Waals surface area (Å²) in [6.07, 6.45) is 4.02. The van der Waals surface area contributed by atoms with E-state index in [-0.39, 0.29) is 12.6 Å². The van der Waals surface area contributed by atoms with Gasteiger partial charge in [-0.15, -0.1) is 0 Å². The van der Waals surface area contributed by atoms with Crippen LogP contribution in [-0.2, 0) is 16.0 Å². The first-order valence-corrected chi connectivity index (χ1v) is 8.87. The first-order valence-electron chi connectivity index (χ1n) is 8.87. The van der Waals surface area contributed by atoms with Crippen molar-refractivity contribution in [3.63, 3.8) is 0 Å². The first kappa shape index (κ1) is 20.7. The number of hydrogen-bond acceptors (Lipinski definition) is 4. The predicted octanol–water partition coefficient (Wildman–Crippen LogP) is 3.47. The van der Waals surface area contributed by atoms with Crippen LogP contribution < -0.4 is 5.32 Å². The Bertz CT molecular complexity index is 491. The number of aryl methyl sites for hydroxylation is 1. The molecule has 4 heteroatoms. The Hall–Kier alpha value is -1.39. The van der Waals surface area contributed by atoms with Crippen molar-refractivity contribution in [3.8, 4) is 0 Å². The number of esters is 1. The SMILES string of the molecule is CCC[C@@H](CCc1ccccc1)NC[C@](C)(O)C(=O)OC(C)(C)C. The summed E-state index contributed by atoms with van der Waals surface area (Å²) in [5.41, 5.74) is -0.817. The minimum absolute atomic E-state index is 0.196. The molecule has 0 fully saturated rings. The number of nitrogens with one attached hydrogen (secondary N) is 1. The van der Waals surface area contributed by atoms with Crippen molar-refractivity contribution in [2.24, 2.45) is 0 Å². The second-order valence-corrected chi connectivity index (χ2v) is 7.67. The van der Waals surface area contributed by atoms with Gasteiger partial charge in [-0.2, -0.15) is 0 Å². The average Bonchev–Trinajstić information content (AvgIpc) is 2.49. The molecule has 1 aromatic carbocycles. The van der Waals surface area contributed by atoms with Crippen LogP contribution in [0.25, 0.3) is 0 Å². The zero-order chi connectivity index (χ0) is 18.2. The van der Waals surface area contributed by atoms with Gasteiger partial charge in [0.15, 0.2) is 5.60 Å². The third-order valence-corrected chi connectivity index (χ3v) is 3.84.